The van der Waals surface area contributed by atoms with Crippen molar-refractivity contribution in [2.45, 2.75) is 5.60 Å². The summed E-state index contributed by atoms with van der Waals surface area (Å²) >= 11 is 0. The Hall–Kier alpha value is -0.360. The second kappa shape index (κ2) is 5.12. The molecule has 2 heterocycles. The van der Waals surface area contributed by atoms with Gasteiger partial charge in [-0.1, -0.05) is 0 Å². The molecule has 0 aromatic rings. The van der Waals surface area contributed by atoms with E-state index >= 15 is 0 Å². The van der Waals surface area contributed by atoms with Crippen molar-refractivity contribution in [2.75, 3.05) is 46.5 Å². The molecule has 0 saturated carbocycles. The number of likely N-dealkylation sites (N-methyl/N-ethyl adjacent to an activating group) is 1. The molecular weight excluding hydrogens is 220 g/mol. The Morgan fingerprint density at radius 2 is 2.33 bits per heavy atom. The van der Waals surface area contributed by atoms with Crippen molar-refractivity contribution >= 4 is 18.3 Å². The lowest BCUT2D eigenvalue weighted by Gasteiger charge is -2.37. The smallest absolute Gasteiger partial charge is 0.248 e. The van der Waals surface area contributed by atoms with E-state index in [1.54, 1.807) is 11.9 Å². The molecule has 5 nitrogen and oxygen atoms in total. The molecule has 1 atom stereocenters. The Morgan fingerprint density at radius 1 is 1.53 bits per heavy atom. The van der Waals surface area contributed by atoms with Crippen molar-refractivity contribution in [3.05, 3.63) is 0 Å². The summed E-state index contributed by atoms with van der Waals surface area (Å²) in [7, 11) is 1.79. The molecular formula is C9H17ClN2O3. The van der Waals surface area contributed by atoms with Crippen LogP contribution < -0.4 is 5.32 Å². The lowest BCUT2D eigenvalue weighted by Crippen LogP contribution is -2.57. The number of amides is 1. The summed E-state index contributed by atoms with van der Waals surface area (Å²) in [5, 5.41) is 3.27. The lowest BCUT2D eigenvalue weighted by molar-refractivity contribution is -0.133. The van der Waals surface area contributed by atoms with Crippen LogP contribution >= 0.6 is 12.4 Å². The summed E-state index contributed by atoms with van der Waals surface area (Å²) in [6, 6.07) is 0. The minimum atomic E-state index is -0.334. The molecule has 0 aromatic heterocycles. The first-order valence-corrected chi connectivity index (χ1v) is 4.88. The number of hydrogen-bond acceptors (Lipinski definition) is 4. The van der Waals surface area contributed by atoms with E-state index in [0.717, 1.165) is 13.1 Å². The molecule has 1 unspecified atom stereocenters. The summed E-state index contributed by atoms with van der Waals surface area (Å²) < 4.78 is 11.0. The molecule has 2 aliphatic rings. The molecule has 15 heavy (non-hydrogen) atoms. The highest BCUT2D eigenvalue weighted by Crippen LogP contribution is 2.18. The van der Waals surface area contributed by atoms with Gasteiger partial charge in [0, 0.05) is 20.1 Å². The molecule has 0 aliphatic carbocycles. The average molecular weight is 237 g/mol. The Labute approximate surface area is 95.5 Å². The third-order valence-corrected chi connectivity index (χ3v) is 2.68. The molecule has 0 aromatic carbocycles. The van der Waals surface area contributed by atoms with Crippen LogP contribution in [0.4, 0.5) is 0 Å². The molecule has 2 saturated heterocycles. The number of rotatable bonds is 0. The van der Waals surface area contributed by atoms with E-state index < -0.39 is 0 Å². The lowest BCUT2D eigenvalue weighted by atomic mass is 10.0. The van der Waals surface area contributed by atoms with Gasteiger partial charge in [0.1, 0.15) is 12.2 Å². The fraction of sp³-hybridized carbons (Fsp3) is 0.889. The Balaban J connectivity index is 0.00000112. The second-order valence-electron chi connectivity index (χ2n) is 3.95. The molecule has 1 N–H and O–H groups in total. The first-order chi connectivity index (χ1) is 6.72. The predicted molar refractivity (Wildman–Crippen MR) is 57.3 cm³/mol. The van der Waals surface area contributed by atoms with Crippen LogP contribution in [0.5, 0.6) is 0 Å². The van der Waals surface area contributed by atoms with Gasteiger partial charge in [-0.05, 0) is 0 Å². The number of carbonyl (C=O) groups excluding carboxylic acids is 1. The van der Waals surface area contributed by atoms with Crippen LogP contribution in [0.15, 0.2) is 0 Å². The van der Waals surface area contributed by atoms with Gasteiger partial charge in [0.15, 0.2) is 0 Å². The number of nitrogens with zero attached hydrogens (tertiary/aromatic N) is 1. The van der Waals surface area contributed by atoms with Gasteiger partial charge in [0.2, 0.25) is 5.91 Å². The monoisotopic (exact) mass is 236 g/mol. The summed E-state index contributed by atoms with van der Waals surface area (Å²) in [4.78, 5) is 13.0. The topological polar surface area (TPSA) is 50.8 Å². The van der Waals surface area contributed by atoms with Crippen molar-refractivity contribution in [1.29, 1.82) is 0 Å². The van der Waals surface area contributed by atoms with Gasteiger partial charge in [-0.15, -0.1) is 12.4 Å². The van der Waals surface area contributed by atoms with Gasteiger partial charge >= 0.3 is 0 Å². The SMILES string of the molecule is CN1CC2(CNCCO2)COCC1=O.Cl. The summed E-state index contributed by atoms with van der Waals surface area (Å²) in [5.41, 5.74) is -0.334. The maximum Gasteiger partial charge on any atom is 0.248 e. The van der Waals surface area contributed by atoms with E-state index in [1.165, 1.54) is 0 Å². The minimum Gasteiger partial charge on any atom is -0.369 e. The molecule has 2 rings (SSSR count). The van der Waals surface area contributed by atoms with Crippen LogP contribution in [0.3, 0.4) is 0 Å². The quantitative estimate of drug-likeness (QED) is 0.602. The largest absolute Gasteiger partial charge is 0.369 e. The number of morpholine rings is 1. The fourth-order valence-corrected chi connectivity index (χ4v) is 1.90. The van der Waals surface area contributed by atoms with E-state index in [2.05, 4.69) is 5.32 Å². The standard InChI is InChI=1S/C9H16N2O3.ClH/c1-11-6-9(5-10-2-3-14-9)7-13-4-8(11)12;/h10H,2-7H2,1H3;1H. The van der Waals surface area contributed by atoms with Crippen molar-refractivity contribution in [3.8, 4) is 0 Å². The van der Waals surface area contributed by atoms with Crippen LogP contribution in [0.2, 0.25) is 0 Å². The third kappa shape index (κ3) is 2.81. The predicted octanol–water partition coefficient (Wildman–Crippen LogP) is -0.745. The number of halogens is 1. The van der Waals surface area contributed by atoms with Gasteiger partial charge in [-0.3, -0.25) is 4.79 Å². The Morgan fingerprint density at radius 3 is 3.00 bits per heavy atom. The highest BCUT2D eigenvalue weighted by atomic mass is 35.5. The second-order valence-corrected chi connectivity index (χ2v) is 3.95. The molecule has 0 radical (unpaired) electrons. The number of hydrogen-bond donors (Lipinski definition) is 1. The van der Waals surface area contributed by atoms with Gasteiger partial charge in [-0.25, -0.2) is 0 Å². The van der Waals surface area contributed by atoms with Gasteiger partial charge in [0.05, 0.1) is 19.8 Å². The first kappa shape index (κ1) is 12.7. The molecule has 1 spiro atoms. The highest BCUT2D eigenvalue weighted by molar-refractivity contribution is 5.85. The molecule has 2 aliphatic heterocycles. The molecule has 0 bridgehead atoms. The molecule has 1 amide bonds. The normalized spacial score (nSPS) is 32.3. The van der Waals surface area contributed by atoms with Crippen LogP contribution in [-0.4, -0.2) is 62.9 Å². The number of ether oxygens (including phenoxy) is 2. The summed E-state index contributed by atoms with van der Waals surface area (Å²) in [6.45, 7) is 3.59. The zero-order valence-corrected chi connectivity index (χ0v) is 9.64. The fourth-order valence-electron chi connectivity index (χ4n) is 1.90. The van der Waals surface area contributed by atoms with Gasteiger partial charge in [0.25, 0.3) is 0 Å². The van der Waals surface area contributed by atoms with E-state index in [1.807, 2.05) is 0 Å². The highest BCUT2D eigenvalue weighted by Gasteiger charge is 2.38. The van der Waals surface area contributed by atoms with E-state index in [4.69, 9.17) is 9.47 Å². The van der Waals surface area contributed by atoms with Crippen LogP contribution in [0.1, 0.15) is 0 Å². The van der Waals surface area contributed by atoms with Crippen molar-refractivity contribution in [1.82, 2.24) is 10.2 Å². The van der Waals surface area contributed by atoms with Crippen molar-refractivity contribution in [3.63, 3.8) is 0 Å². The maximum absolute atomic E-state index is 11.4. The third-order valence-electron chi connectivity index (χ3n) is 2.68. The van der Waals surface area contributed by atoms with E-state index in [-0.39, 0.29) is 30.5 Å². The molecule has 6 heteroatoms. The number of nitrogens with one attached hydrogen (secondary N) is 1. The van der Waals surface area contributed by atoms with Crippen LogP contribution in [0, 0.1) is 0 Å². The van der Waals surface area contributed by atoms with E-state index in [9.17, 15) is 4.79 Å². The first-order valence-electron chi connectivity index (χ1n) is 4.88. The maximum atomic E-state index is 11.4. The molecule has 2 fully saturated rings. The van der Waals surface area contributed by atoms with E-state index in [0.29, 0.717) is 19.8 Å². The minimum absolute atomic E-state index is 0. The Kier molecular flexibility index (Phi) is 4.33. The van der Waals surface area contributed by atoms with Crippen LogP contribution in [-0.2, 0) is 14.3 Å². The average Bonchev–Trinajstić information content (AvgIpc) is 2.30. The van der Waals surface area contributed by atoms with Gasteiger partial charge in [-0.2, -0.15) is 0 Å². The zero-order valence-electron chi connectivity index (χ0n) is 8.82. The zero-order chi connectivity index (χ0) is 10.0. The van der Waals surface area contributed by atoms with Crippen LogP contribution in [0.25, 0.3) is 0 Å². The van der Waals surface area contributed by atoms with Crippen molar-refractivity contribution in [2.24, 2.45) is 0 Å². The Bertz CT molecular complexity index is 231. The summed E-state index contributed by atoms with van der Waals surface area (Å²) in [6.07, 6.45) is 0. The van der Waals surface area contributed by atoms with Crippen molar-refractivity contribution < 1.29 is 14.3 Å². The molecule has 88 valence electrons. The summed E-state index contributed by atoms with van der Waals surface area (Å²) in [5.74, 6) is 0.0241. The number of carbonyl (C=O) groups is 1. The van der Waals surface area contributed by atoms with Gasteiger partial charge < -0.3 is 19.7 Å².